The molecule has 0 saturated carbocycles. The van der Waals surface area contributed by atoms with Crippen molar-refractivity contribution in [2.75, 3.05) is 20.2 Å². The van der Waals surface area contributed by atoms with Crippen LogP contribution in [0.25, 0.3) is 10.9 Å². The molecule has 1 fully saturated rings. The predicted molar refractivity (Wildman–Crippen MR) is 130 cm³/mol. The second-order valence-corrected chi connectivity index (χ2v) is 8.57. The van der Waals surface area contributed by atoms with Crippen LogP contribution in [0.3, 0.4) is 0 Å². The highest BCUT2D eigenvalue weighted by molar-refractivity contribution is 6.30. The van der Waals surface area contributed by atoms with Gasteiger partial charge < -0.3 is 4.74 Å². The predicted octanol–water partition coefficient (Wildman–Crippen LogP) is 5.91. The minimum atomic E-state index is 0.0573. The number of nitrogens with zero attached hydrogens (tertiary/aromatic N) is 3. The summed E-state index contributed by atoms with van der Waals surface area (Å²) in [6.07, 6.45) is 0.0573. The molecule has 0 atom stereocenters. The van der Waals surface area contributed by atoms with Gasteiger partial charge in [-0.1, -0.05) is 72.3 Å². The second-order valence-electron chi connectivity index (χ2n) is 8.21. The Labute approximate surface area is 194 Å². The van der Waals surface area contributed by atoms with Crippen LogP contribution in [0.2, 0.25) is 5.15 Å². The molecule has 0 N–H and O–H groups in total. The van der Waals surface area contributed by atoms with E-state index < -0.39 is 0 Å². The summed E-state index contributed by atoms with van der Waals surface area (Å²) in [5, 5.41) is 1.62. The largest absolute Gasteiger partial charge is 0.497 e. The van der Waals surface area contributed by atoms with Crippen molar-refractivity contribution < 1.29 is 4.74 Å². The molecule has 0 aliphatic carbocycles. The Bertz CT molecular complexity index is 1150. The number of pyridine rings is 1. The molecule has 0 unspecified atom stereocenters. The lowest BCUT2D eigenvalue weighted by Crippen LogP contribution is -2.31. The number of ether oxygens (including phenoxy) is 1. The summed E-state index contributed by atoms with van der Waals surface area (Å²) in [5.41, 5.74) is 4.50. The molecule has 1 aliphatic rings. The average Bonchev–Trinajstić information content (AvgIpc) is 3.21. The van der Waals surface area contributed by atoms with E-state index in [2.05, 4.69) is 82.6 Å². The molecule has 1 aliphatic heterocycles. The number of fused-ring (bicyclic) bond motifs is 1. The molecule has 3 aromatic carbocycles. The van der Waals surface area contributed by atoms with E-state index in [1.165, 1.54) is 11.1 Å². The smallest absolute Gasteiger partial charge is 0.135 e. The van der Waals surface area contributed by atoms with E-state index in [0.29, 0.717) is 5.15 Å². The molecule has 32 heavy (non-hydrogen) atoms. The first-order valence-electron chi connectivity index (χ1n) is 10.9. The zero-order valence-electron chi connectivity index (χ0n) is 18.1. The van der Waals surface area contributed by atoms with Crippen LogP contribution in [-0.4, -0.2) is 35.0 Å². The van der Waals surface area contributed by atoms with E-state index in [-0.39, 0.29) is 6.17 Å². The first-order chi connectivity index (χ1) is 15.7. The molecule has 0 bridgehead atoms. The zero-order valence-corrected chi connectivity index (χ0v) is 18.9. The molecule has 4 nitrogen and oxygen atoms in total. The number of rotatable bonds is 6. The summed E-state index contributed by atoms with van der Waals surface area (Å²) >= 11 is 6.81. The third kappa shape index (κ3) is 4.35. The maximum absolute atomic E-state index is 6.81. The molecule has 5 heteroatoms. The first kappa shape index (κ1) is 21.0. The van der Waals surface area contributed by atoms with Gasteiger partial charge in [-0.25, -0.2) is 4.98 Å². The fraction of sp³-hybridized carbons (Fsp3) is 0.222. The summed E-state index contributed by atoms with van der Waals surface area (Å²) in [6.45, 7) is 3.69. The highest BCUT2D eigenvalue weighted by atomic mass is 35.5. The monoisotopic (exact) mass is 443 g/mol. The van der Waals surface area contributed by atoms with Crippen LogP contribution in [0.15, 0.2) is 84.9 Å². The maximum atomic E-state index is 6.81. The van der Waals surface area contributed by atoms with Crippen molar-refractivity contribution in [3.63, 3.8) is 0 Å². The minimum Gasteiger partial charge on any atom is -0.497 e. The van der Waals surface area contributed by atoms with E-state index in [1.807, 2.05) is 12.1 Å². The summed E-state index contributed by atoms with van der Waals surface area (Å²) < 4.78 is 5.36. The van der Waals surface area contributed by atoms with Crippen LogP contribution in [-0.2, 0) is 13.1 Å². The Hall–Kier alpha value is -2.92. The Morgan fingerprint density at radius 3 is 2.00 bits per heavy atom. The van der Waals surface area contributed by atoms with Gasteiger partial charge in [0.15, 0.2) is 0 Å². The third-order valence-corrected chi connectivity index (χ3v) is 6.41. The fourth-order valence-electron chi connectivity index (χ4n) is 4.54. The molecular weight excluding hydrogens is 418 g/mol. The van der Waals surface area contributed by atoms with E-state index in [4.69, 9.17) is 21.3 Å². The van der Waals surface area contributed by atoms with Crippen molar-refractivity contribution in [1.82, 2.24) is 14.8 Å². The molecule has 0 amide bonds. The molecular formula is C27H26ClN3O. The van der Waals surface area contributed by atoms with Gasteiger partial charge in [-0.05, 0) is 29.3 Å². The first-order valence-corrected chi connectivity index (χ1v) is 11.3. The third-order valence-electron chi connectivity index (χ3n) is 6.11. The molecule has 0 spiro atoms. The molecule has 5 rings (SSSR count). The summed E-state index contributed by atoms with van der Waals surface area (Å²) in [6, 6.07) is 29.4. The lowest BCUT2D eigenvalue weighted by Gasteiger charge is -2.31. The maximum Gasteiger partial charge on any atom is 0.135 e. The molecule has 0 radical (unpaired) electrons. The molecule has 1 aromatic heterocycles. The van der Waals surface area contributed by atoms with Crippen LogP contribution in [0.5, 0.6) is 5.75 Å². The standard InChI is InChI=1S/C27H26ClN3O/c1-32-23-13-12-22-16-24(26(28)29-25(22)17-23)27-30(18-20-8-4-2-5-9-20)14-15-31(27)19-21-10-6-3-7-11-21/h2-13,16-17,27H,14-15,18-19H2,1H3. The van der Waals surface area contributed by atoms with Crippen molar-refractivity contribution in [3.05, 3.63) is 107 Å². The SMILES string of the molecule is COc1ccc2cc(C3N(Cc4ccccc4)CCN3Cc3ccccc3)c(Cl)nc2c1. The van der Waals surface area contributed by atoms with E-state index in [0.717, 1.165) is 48.4 Å². The van der Waals surface area contributed by atoms with Crippen molar-refractivity contribution in [2.24, 2.45) is 0 Å². The van der Waals surface area contributed by atoms with Crippen LogP contribution in [0.4, 0.5) is 0 Å². The van der Waals surface area contributed by atoms with Crippen LogP contribution in [0.1, 0.15) is 22.9 Å². The Balaban J connectivity index is 1.53. The van der Waals surface area contributed by atoms with Gasteiger partial charge in [0.05, 0.1) is 18.8 Å². The highest BCUT2D eigenvalue weighted by Gasteiger charge is 2.35. The van der Waals surface area contributed by atoms with Crippen molar-refractivity contribution in [1.29, 1.82) is 0 Å². The zero-order chi connectivity index (χ0) is 21.9. The van der Waals surface area contributed by atoms with Gasteiger partial charge in [0.1, 0.15) is 10.9 Å². The summed E-state index contributed by atoms with van der Waals surface area (Å²) in [4.78, 5) is 9.74. The Morgan fingerprint density at radius 2 is 1.44 bits per heavy atom. The van der Waals surface area contributed by atoms with Crippen molar-refractivity contribution in [3.8, 4) is 5.75 Å². The second kappa shape index (κ2) is 9.29. The van der Waals surface area contributed by atoms with Crippen molar-refractivity contribution in [2.45, 2.75) is 19.3 Å². The lowest BCUT2D eigenvalue weighted by molar-refractivity contribution is 0.126. The lowest BCUT2D eigenvalue weighted by atomic mass is 10.1. The van der Waals surface area contributed by atoms with Crippen LogP contribution in [0, 0.1) is 0 Å². The van der Waals surface area contributed by atoms with Gasteiger partial charge in [0, 0.05) is 43.2 Å². The van der Waals surface area contributed by atoms with Gasteiger partial charge >= 0.3 is 0 Å². The molecule has 4 aromatic rings. The minimum absolute atomic E-state index is 0.0573. The van der Waals surface area contributed by atoms with Gasteiger partial charge in [-0.15, -0.1) is 0 Å². The molecule has 2 heterocycles. The van der Waals surface area contributed by atoms with E-state index in [9.17, 15) is 0 Å². The quantitative estimate of drug-likeness (QED) is 0.346. The molecule has 1 saturated heterocycles. The van der Waals surface area contributed by atoms with Gasteiger partial charge in [-0.2, -0.15) is 0 Å². The number of methoxy groups -OCH3 is 1. The number of halogens is 1. The van der Waals surface area contributed by atoms with Gasteiger partial charge in [-0.3, -0.25) is 9.80 Å². The van der Waals surface area contributed by atoms with E-state index >= 15 is 0 Å². The Kier molecular flexibility index (Phi) is 6.08. The topological polar surface area (TPSA) is 28.6 Å². The van der Waals surface area contributed by atoms with Gasteiger partial charge in [0.2, 0.25) is 0 Å². The Morgan fingerprint density at radius 1 is 0.844 bits per heavy atom. The normalized spacial score (nSPS) is 15.4. The molecule has 162 valence electrons. The summed E-state index contributed by atoms with van der Waals surface area (Å²) in [5.74, 6) is 0.783. The fourth-order valence-corrected chi connectivity index (χ4v) is 4.78. The number of benzene rings is 3. The average molecular weight is 444 g/mol. The van der Waals surface area contributed by atoms with E-state index in [1.54, 1.807) is 7.11 Å². The van der Waals surface area contributed by atoms with Crippen LogP contribution < -0.4 is 4.74 Å². The number of aromatic nitrogens is 1. The highest BCUT2D eigenvalue weighted by Crippen LogP contribution is 2.37. The number of hydrogen-bond donors (Lipinski definition) is 0. The summed E-state index contributed by atoms with van der Waals surface area (Å²) in [7, 11) is 1.67. The van der Waals surface area contributed by atoms with Crippen molar-refractivity contribution >= 4 is 22.5 Å². The number of hydrogen-bond acceptors (Lipinski definition) is 4. The van der Waals surface area contributed by atoms with Crippen LogP contribution >= 0.6 is 11.6 Å². The van der Waals surface area contributed by atoms with Gasteiger partial charge in [0.25, 0.3) is 0 Å².